The maximum absolute atomic E-state index is 14.3. The van der Waals surface area contributed by atoms with Gasteiger partial charge in [-0.3, -0.25) is 4.79 Å². The smallest absolute Gasteiger partial charge is 0.331 e. The molecule has 27 heavy (non-hydrogen) atoms. The zero-order chi connectivity index (χ0) is 19.9. The molecule has 0 radical (unpaired) electrons. The highest BCUT2D eigenvalue weighted by Crippen LogP contribution is 2.33. The number of rotatable bonds is 8. The number of carbonyl (C=O) groups is 2. The molecule has 0 N–H and O–H groups in total. The summed E-state index contributed by atoms with van der Waals surface area (Å²) in [5.74, 6) is -1.21. The van der Waals surface area contributed by atoms with Crippen LogP contribution in [0.3, 0.4) is 0 Å². The molecule has 0 saturated carbocycles. The quantitative estimate of drug-likeness (QED) is 0.522. The van der Waals surface area contributed by atoms with Crippen LogP contribution in [0.1, 0.15) is 35.7 Å². The molecule has 6 heteroatoms. The second kappa shape index (κ2) is 8.95. The summed E-state index contributed by atoms with van der Waals surface area (Å²) in [6, 6.07) is 13.9. The molecule has 0 aliphatic heterocycles. The van der Waals surface area contributed by atoms with Crippen molar-refractivity contribution in [3.63, 3.8) is 0 Å². The van der Waals surface area contributed by atoms with E-state index in [1.165, 1.54) is 31.4 Å². The molecule has 140 valence electrons. The van der Waals surface area contributed by atoms with Crippen molar-refractivity contribution in [1.29, 1.82) is 5.26 Å². The number of esters is 1. The number of ether oxygens (including phenoxy) is 2. The van der Waals surface area contributed by atoms with Crippen molar-refractivity contribution in [2.24, 2.45) is 0 Å². The molecular weight excluding hydrogens is 349 g/mol. The number of benzene rings is 2. The molecule has 0 unspecified atom stereocenters. The molecule has 0 heterocycles. The van der Waals surface area contributed by atoms with Crippen molar-refractivity contribution >= 4 is 11.8 Å². The first-order valence-corrected chi connectivity index (χ1v) is 8.49. The maximum Gasteiger partial charge on any atom is 0.331 e. The van der Waals surface area contributed by atoms with Gasteiger partial charge in [-0.15, -0.1) is 0 Å². The van der Waals surface area contributed by atoms with Crippen molar-refractivity contribution < 1.29 is 23.5 Å². The normalized spacial score (nSPS) is 12.5. The second-order valence-corrected chi connectivity index (χ2v) is 5.87. The van der Waals surface area contributed by atoms with Crippen LogP contribution in [0.4, 0.5) is 4.39 Å². The Kier molecular flexibility index (Phi) is 6.67. The lowest BCUT2D eigenvalue weighted by molar-refractivity contribution is -0.148. The van der Waals surface area contributed by atoms with Crippen LogP contribution in [0.15, 0.2) is 48.5 Å². The lowest BCUT2D eigenvalue weighted by Gasteiger charge is -2.25. The first kappa shape index (κ1) is 20.1. The Labute approximate surface area is 157 Å². The van der Waals surface area contributed by atoms with Gasteiger partial charge in [0.2, 0.25) is 0 Å². The minimum atomic E-state index is -1.89. The second-order valence-electron chi connectivity index (χ2n) is 5.87. The Morgan fingerprint density at radius 3 is 2.37 bits per heavy atom. The van der Waals surface area contributed by atoms with E-state index in [2.05, 4.69) is 0 Å². The number of nitrogens with zero attached hydrogens (tertiary/aromatic N) is 1. The predicted octanol–water partition coefficient (Wildman–Crippen LogP) is 3.82. The SMILES string of the molecule is CCOC(=O)[C@@](C#N)(CCC(=O)c1ccc(OC)cc1)c1ccccc1F. The molecular formula is C21H20FNO4. The van der Waals surface area contributed by atoms with Crippen LogP contribution in [0.5, 0.6) is 5.75 Å². The molecule has 0 aliphatic carbocycles. The van der Waals surface area contributed by atoms with E-state index in [0.29, 0.717) is 11.3 Å². The summed E-state index contributed by atoms with van der Waals surface area (Å²) < 4.78 is 24.4. The summed E-state index contributed by atoms with van der Waals surface area (Å²) in [5, 5.41) is 9.76. The number of carbonyl (C=O) groups excluding carboxylic acids is 2. The molecule has 2 rings (SSSR count). The number of Topliss-reactive ketones (excluding diaryl/α,β-unsaturated/α-hetero) is 1. The van der Waals surface area contributed by atoms with Gasteiger partial charge in [0.15, 0.2) is 11.2 Å². The molecule has 0 aromatic heterocycles. The van der Waals surface area contributed by atoms with Crippen LogP contribution in [-0.4, -0.2) is 25.5 Å². The Hall–Kier alpha value is -3.20. The average Bonchev–Trinajstić information content (AvgIpc) is 2.70. The monoisotopic (exact) mass is 369 g/mol. The van der Waals surface area contributed by atoms with Crippen molar-refractivity contribution in [3.05, 3.63) is 65.5 Å². The number of hydrogen-bond donors (Lipinski definition) is 0. The summed E-state index contributed by atoms with van der Waals surface area (Å²) in [6.45, 7) is 1.65. The van der Waals surface area contributed by atoms with E-state index in [1.54, 1.807) is 31.2 Å². The van der Waals surface area contributed by atoms with E-state index in [-0.39, 0.29) is 30.8 Å². The Bertz CT molecular complexity index is 857. The number of nitriles is 1. The number of hydrogen-bond acceptors (Lipinski definition) is 5. The first-order chi connectivity index (χ1) is 13.0. The molecule has 0 aliphatic rings. The van der Waals surface area contributed by atoms with Crippen LogP contribution < -0.4 is 4.74 Å². The van der Waals surface area contributed by atoms with Crippen LogP contribution in [-0.2, 0) is 14.9 Å². The van der Waals surface area contributed by atoms with Crippen molar-refractivity contribution in [3.8, 4) is 11.8 Å². The van der Waals surface area contributed by atoms with E-state index >= 15 is 0 Å². The van der Waals surface area contributed by atoms with Crippen molar-refractivity contribution in [2.45, 2.75) is 25.2 Å². The number of ketones is 1. The van der Waals surface area contributed by atoms with Crippen molar-refractivity contribution in [2.75, 3.05) is 13.7 Å². The summed E-state index contributed by atoms with van der Waals surface area (Å²) in [7, 11) is 1.52. The van der Waals surface area contributed by atoms with Gasteiger partial charge in [-0.1, -0.05) is 18.2 Å². The molecule has 2 aromatic carbocycles. The lowest BCUT2D eigenvalue weighted by Crippen LogP contribution is -2.37. The van der Waals surface area contributed by atoms with Crippen LogP contribution in [0, 0.1) is 17.1 Å². The molecule has 1 atom stereocenters. The summed E-state index contributed by atoms with van der Waals surface area (Å²) >= 11 is 0. The Morgan fingerprint density at radius 1 is 1.15 bits per heavy atom. The highest BCUT2D eigenvalue weighted by atomic mass is 19.1. The average molecular weight is 369 g/mol. The van der Waals surface area contributed by atoms with E-state index < -0.39 is 17.2 Å². The van der Waals surface area contributed by atoms with E-state index in [0.717, 1.165) is 0 Å². The molecule has 0 spiro atoms. The zero-order valence-electron chi connectivity index (χ0n) is 15.2. The first-order valence-electron chi connectivity index (χ1n) is 8.49. The Morgan fingerprint density at radius 2 is 1.81 bits per heavy atom. The standard InChI is InChI=1S/C21H20FNO4/c1-3-27-20(25)21(14-23,17-6-4-5-7-18(17)22)13-12-19(24)15-8-10-16(26-2)11-9-15/h4-11H,3,12-13H2,1-2H3/t21-/m1/s1. The van der Waals surface area contributed by atoms with Gasteiger partial charge in [0.05, 0.1) is 19.8 Å². The third kappa shape index (κ3) is 4.32. The molecule has 0 saturated heterocycles. The predicted molar refractivity (Wildman–Crippen MR) is 96.9 cm³/mol. The van der Waals surface area contributed by atoms with Crippen LogP contribution >= 0.6 is 0 Å². The number of methoxy groups -OCH3 is 1. The summed E-state index contributed by atoms with van der Waals surface area (Å²) in [4.78, 5) is 25.0. The minimum absolute atomic E-state index is 0.0448. The van der Waals surface area contributed by atoms with E-state index in [4.69, 9.17) is 9.47 Å². The van der Waals surface area contributed by atoms with Crippen LogP contribution in [0.25, 0.3) is 0 Å². The molecule has 2 aromatic rings. The molecule has 5 nitrogen and oxygen atoms in total. The summed E-state index contributed by atoms with van der Waals surface area (Å²) in [6.07, 6.45) is -0.304. The van der Waals surface area contributed by atoms with Gasteiger partial charge in [0.25, 0.3) is 0 Å². The third-order valence-corrected chi connectivity index (χ3v) is 4.29. The van der Waals surface area contributed by atoms with Gasteiger partial charge in [0.1, 0.15) is 11.6 Å². The highest BCUT2D eigenvalue weighted by molar-refractivity contribution is 5.97. The van der Waals surface area contributed by atoms with Gasteiger partial charge in [0, 0.05) is 17.5 Å². The highest BCUT2D eigenvalue weighted by Gasteiger charge is 2.44. The minimum Gasteiger partial charge on any atom is -0.497 e. The van der Waals surface area contributed by atoms with Gasteiger partial charge in [-0.05, 0) is 43.7 Å². The van der Waals surface area contributed by atoms with Gasteiger partial charge in [-0.25, -0.2) is 9.18 Å². The fourth-order valence-corrected chi connectivity index (χ4v) is 2.79. The third-order valence-electron chi connectivity index (χ3n) is 4.29. The topological polar surface area (TPSA) is 76.4 Å². The lowest BCUT2D eigenvalue weighted by atomic mass is 9.76. The fraction of sp³-hybridized carbons (Fsp3) is 0.286. The van der Waals surface area contributed by atoms with E-state index in [9.17, 15) is 19.2 Å². The molecule has 0 bridgehead atoms. The molecule has 0 fully saturated rings. The largest absolute Gasteiger partial charge is 0.497 e. The molecule has 0 amide bonds. The van der Waals surface area contributed by atoms with Gasteiger partial charge >= 0.3 is 5.97 Å². The van der Waals surface area contributed by atoms with E-state index in [1.807, 2.05) is 6.07 Å². The maximum atomic E-state index is 14.3. The Balaban J connectivity index is 2.31. The zero-order valence-corrected chi connectivity index (χ0v) is 15.2. The number of halogens is 1. The van der Waals surface area contributed by atoms with Gasteiger partial charge in [-0.2, -0.15) is 5.26 Å². The van der Waals surface area contributed by atoms with Crippen LogP contribution in [0.2, 0.25) is 0 Å². The van der Waals surface area contributed by atoms with Gasteiger partial charge < -0.3 is 9.47 Å². The fourth-order valence-electron chi connectivity index (χ4n) is 2.79. The van der Waals surface area contributed by atoms with Crippen molar-refractivity contribution in [1.82, 2.24) is 0 Å². The summed E-state index contributed by atoms with van der Waals surface area (Å²) in [5.41, 5.74) is -1.56.